The van der Waals surface area contributed by atoms with Gasteiger partial charge in [-0.2, -0.15) is 5.26 Å². The van der Waals surface area contributed by atoms with E-state index >= 15 is 0 Å². The number of amides is 1. The summed E-state index contributed by atoms with van der Waals surface area (Å²) in [5, 5.41) is 9.61. The fourth-order valence-electron chi connectivity index (χ4n) is 4.67. The molecule has 1 amide bonds. The SMILES string of the molecule is CCOc1cccc(C(=O)N2CCC3(CC2)Oc2ccccc2-n2c(C#N)ccc23)c1F. The summed E-state index contributed by atoms with van der Waals surface area (Å²) in [4.78, 5) is 14.7. The zero-order valence-electron chi connectivity index (χ0n) is 17.7. The third-order valence-corrected chi connectivity index (χ3v) is 6.23. The minimum absolute atomic E-state index is 0.0111. The molecule has 3 aromatic rings. The number of carbonyl (C=O) groups is 1. The van der Waals surface area contributed by atoms with Crippen LogP contribution in [0.25, 0.3) is 5.69 Å². The normalized spacial score (nSPS) is 16.0. The summed E-state index contributed by atoms with van der Waals surface area (Å²) < 4.78 is 28.5. The van der Waals surface area contributed by atoms with Crippen molar-refractivity contribution < 1.29 is 18.7 Å². The van der Waals surface area contributed by atoms with Gasteiger partial charge < -0.3 is 14.4 Å². The van der Waals surface area contributed by atoms with Crippen LogP contribution in [0.2, 0.25) is 0 Å². The molecular formula is C25H22FN3O3. The molecule has 2 aliphatic heterocycles. The number of hydrogen-bond acceptors (Lipinski definition) is 4. The maximum atomic E-state index is 14.8. The molecule has 32 heavy (non-hydrogen) atoms. The van der Waals surface area contributed by atoms with Crippen LogP contribution in [0.1, 0.15) is 41.5 Å². The van der Waals surface area contributed by atoms with Gasteiger partial charge in [-0.3, -0.25) is 9.36 Å². The Labute approximate surface area is 185 Å². The standard InChI is InChI=1S/C25H22FN3O3/c1-2-31-21-9-5-6-18(23(21)26)24(30)28-14-12-25(13-15-28)22-11-10-17(16-27)29(22)19-7-3-4-8-20(19)32-25/h3-11H,2,12-15H2,1H3. The van der Waals surface area contributed by atoms with E-state index < -0.39 is 11.4 Å². The van der Waals surface area contributed by atoms with Gasteiger partial charge >= 0.3 is 0 Å². The van der Waals surface area contributed by atoms with Gasteiger partial charge in [0.1, 0.15) is 17.5 Å². The van der Waals surface area contributed by atoms with E-state index in [4.69, 9.17) is 9.47 Å². The van der Waals surface area contributed by atoms with E-state index in [1.54, 1.807) is 24.0 Å². The lowest BCUT2D eigenvalue weighted by Gasteiger charge is -2.45. The van der Waals surface area contributed by atoms with Gasteiger partial charge in [0.05, 0.1) is 23.6 Å². The van der Waals surface area contributed by atoms with Crippen molar-refractivity contribution in [2.45, 2.75) is 25.4 Å². The van der Waals surface area contributed by atoms with Crippen LogP contribution in [-0.2, 0) is 5.60 Å². The molecule has 0 saturated carbocycles. The number of nitrogens with zero attached hydrogens (tertiary/aromatic N) is 3. The average molecular weight is 431 g/mol. The molecule has 5 rings (SSSR count). The fraction of sp³-hybridized carbons (Fsp3) is 0.280. The maximum Gasteiger partial charge on any atom is 0.256 e. The van der Waals surface area contributed by atoms with Crippen molar-refractivity contribution in [3.05, 3.63) is 77.4 Å². The van der Waals surface area contributed by atoms with Crippen LogP contribution in [-0.4, -0.2) is 35.1 Å². The molecule has 2 aliphatic rings. The van der Waals surface area contributed by atoms with Crippen LogP contribution in [0.5, 0.6) is 11.5 Å². The number of para-hydroxylation sites is 2. The number of ether oxygens (including phenoxy) is 2. The molecule has 6 nitrogen and oxygen atoms in total. The third kappa shape index (κ3) is 3.02. The summed E-state index contributed by atoms with van der Waals surface area (Å²) in [5.74, 6) is -0.193. The first-order valence-electron chi connectivity index (χ1n) is 10.7. The van der Waals surface area contributed by atoms with Gasteiger partial charge in [0.2, 0.25) is 0 Å². The monoisotopic (exact) mass is 431 g/mol. The number of fused-ring (bicyclic) bond motifs is 4. The molecule has 1 fully saturated rings. The van der Waals surface area contributed by atoms with Gasteiger partial charge in [-0.15, -0.1) is 0 Å². The molecule has 0 unspecified atom stereocenters. The Hall–Kier alpha value is -3.79. The largest absolute Gasteiger partial charge is 0.491 e. The first-order valence-corrected chi connectivity index (χ1v) is 10.7. The summed E-state index contributed by atoms with van der Waals surface area (Å²) in [7, 11) is 0. The van der Waals surface area contributed by atoms with Crippen molar-refractivity contribution in [2.75, 3.05) is 19.7 Å². The molecular weight excluding hydrogens is 409 g/mol. The predicted octanol–water partition coefficient (Wildman–Crippen LogP) is 4.41. The molecule has 0 aliphatic carbocycles. The smallest absolute Gasteiger partial charge is 0.256 e. The van der Waals surface area contributed by atoms with Gasteiger partial charge in [0.25, 0.3) is 5.91 Å². The summed E-state index contributed by atoms with van der Waals surface area (Å²) in [6.45, 7) is 2.91. The summed E-state index contributed by atoms with van der Waals surface area (Å²) in [6, 6.07) is 18.3. The molecule has 1 saturated heterocycles. The van der Waals surface area contributed by atoms with Crippen molar-refractivity contribution in [1.29, 1.82) is 5.26 Å². The van der Waals surface area contributed by atoms with Crippen LogP contribution < -0.4 is 9.47 Å². The highest BCUT2D eigenvalue weighted by atomic mass is 19.1. The van der Waals surface area contributed by atoms with Crippen LogP contribution in [0.4, 0.5) is 4.39 Å². The topological polar surface area (TPSA) is 67.5 Å². The van der Waals surface area contributed by atoms with Gasteiger partial charge in [0, 0.05) is 25.9 Å². The highest BCUT2D eigenvalue weighted by molar-refractivity contribution is 5.95. The molecule has 0 bridgehead atoms. The molecule has 0 N–H and O–H groups in total. The Morgan fingerprint density at radius 2 is 1.94 bits per heavy atom. The van der Waals surface area contributed by atoms with Crippen molar-refractivity contribution >= 4 is 5.91 Å². The predicted molar refractivity (Wildman–Crippen MR) is 115 cm³/mol. The van der Waals surface area contributed by atoms with Gasteiger partial charge in [0.15, 0.2) is 17.2 Å². The first-order chi connectivity index (χ1) is 15.6. The van der Waals surface area contributed by atoms with Crippen LogP contribution >= 0.6 is 0 Å². The average Bonchev–Trinajstić information content (AvgIpc) is 3.26. The Morgan fingerprint density at radius 1 is 1.16 bits per heavy atom. The number of likely N-dealkylation sites (tertiary alicyclic amines) is 1. The molecule has 2 aromatic carbocycles. The van der Waals surface area contributed by atoms with Crippen molar-refractivity contribution in [3.63, 3.8) is 0 Å². The Bertz CT molecular complexity index is 1240. The number of nitriles is 1. The number of carbonyl (C=O) groups excluding carboxylic acids is 1. The molecule has 7 heteroatoms. The van der Waals surface area contributed by atoms with E-state index in [2.05, 4.69) is 6.07 Å². The summed E-state index contributed by atoms with van der Waals surface area (Å²) in [5.41, 5.74) is 1.65. The van der Waals surface area contributed by atoms with Gasteiger partial charge in [-0.05, 0) is 43.3 Å². The van der Waals surface area contributed by atoms with E-state index in [0.29, 0.717) is 44.0 Å². The number of aromatic nitrogens is 1. The summed E-state index contributed by atoms with van der Waals surface area (Å²) in [6.07, 6.45) is 1.07. The minimum atomic E-state index is -0.647. The summed E-state index contributed by atoms with van der Waals surface area (Å²) >= 11 is 0. The number of piperidine rings is 1. The van der Waals surface area contributed by atoms with E-state index in [0.717, 1.165) is 11.4 Å². The zero-order chi connectivity index (χ0) is 22.3. The maximum absolute atomic E-state index is 14.8. The van der Waals surface area contributed by atoms with Crippen LogP contribution in [0, 0.1) is 17.1 Å². The van der Waals surface area contributed by atoms with Gasteiger partial charge in [-0.1, -0.05) is 18.2 Å². The Morgan fingerprint density at radius 3 is 2.69 bits per heavy atom. The Balaban J connectivity index is 1.43. The molecule has 3 heterocycles. The molecule has 0 radical (unpaired) electrons. The lowest BCUT2D eigenvalue weighted by molar-refractivity contribution is -0.00949. The molecule has 162 valence electrons. The second-order valence-electron chi connectivity index (χ2n) is 7.96. The quantitative estimate of drug-likeness (QED) is 0.616. The number of halogens is 1. The molecule has 1 aromatic heterocycles. The lowest BCUT2D eigenvalue weighted by Crippen LogP contribution is -2.50. The van der Waals surface area contributed by atoms with Crippen LogP contribution in [0.3, 0.4) is 0 Å². The van der Waals surface area contributed by atoms with E-state index in [-0.39, 0.29) is 17.2 Å². The fourth-order valence-corrected chi connectivity index (χ4v) is 4.67. The van der Waals surface area contributed by atoms with Crippen molar-refractivity contribution in [2.24, 2.45) is 0 Å². The molecule has 1 spiro atoms. The van der Waals surface area contributed by atoms with Gasteiger partial charge in [-0.25, -0.2) is 4.39 Å². The highest BCUT2D eigenvalue weighted by Crippen LogP contribution is 2.46. The number of rotatable bonds is 3. The second-order valence-corrected chi connectivity index (χ2v) is 7.96. The number of benzene rings is 2. The minimum Gasteiger partial charge on any atom is -0.491 e. The third-order valence-electron chi connectivity index (χ3n) is 6.23. The van der Waals surface area contributed by atoms with E-state index in [1.165, 1.54) is 12.1 Å². The van der Waals surface area contributed by atoms with E-state index in [1.807, 2.05) is 34.9 Å². The highest BCUT2D eigenvalue weighted by Gasteiger charge is 2.45. The molecule has 0 atom stereocenters. The Kier molecular flexibility index (Phi) is 4.86. The zero-order valence-corrected chi connectivity index (χ0v) is 17.7. The van der Waals surface area contributed by atoms with Crippen molar-refractivity contribution in [3.8, 4) is 23.3 Å². The van der Waals surface area contributed by atoms with Crippen LogP contribution in [0.15, 0.2) is 54.6 Å². The number of hydrogen-bond donors (Lipinski definition) is 0. The van der Waals surface area contributed by atoms with E-state index in [9.17, 15) is 14.4 Å². The van der Waals surface area contributed by atoms with Crippen molar-refractivity contribution in [1.82, 2.24) is 9.47 Å². The lowest BCUT2D eigenvalue weighted by atomic mass is 9.86. The first kappa shape index (κ1) is 20.1. The second kappa shape index (κ2) is 7.72.